The minimum Gasteiger partial charge on any atom is -0.345 e. The summed E-state index contributed by atoms with van der Waals surface area (Å²) < 4.78 is 26.3. The summed E-state index contributed by atoms with van der Waals surface area (Å²) in [6, 6.07) is 3.50. The van der Waals surface area contributed by atoms with Gasteiger partial charge in [0.25, 0.3) is 0 Å². The van der Waals surface area contributed by atoms with Crippen LogP contribution in [0.2, 0.25) is 0 Å². The van der Waals surface area contributed by atoms with Crippen molar-refractivity contribution in [2.75, 3.05) is 18.9 Å². The van der Waals surface area contributed by atoms with Crippen molar-refractivity contribution in [3.63, 3.8) is 0 Å². The Morgan fingerprint density at radius 3 is 2.78 bits per heavy atom. The molecule has 4 nitrogen and oxygen atoms in total. The maximum absolute atomic E-state index is 13.3. The van der Waals surface area contributed by atoms with Crippen LogP contribution in [0.5, 0.6) is 0 Å². The number of amides is 2. The summed E-state index contributed by atoms with van der Waals surface area (Å²) in [6.07, 6.45) is 0.387. The van der Waals surface area contributed by atoms with E-state index in [0.29, 0.717) is 13.0 Å². The van der Waals surface area contributed by atoms with Crippen molar-refractivity contribution >= 4 is 17.5 Å². The lowest BCUT2D eigenvalue weighted by Crippen LogP contribution is -2.31. The number of nitrogens with one attached hydrogen (secondary N) is 1. The molecule has 1 aromatic carbocycles. The van der Waals surface area contributed by atoms with Crippen molar-refractivity contribution in [2.45, 2.75) is 6.42 Å². The molecule has 2 amide bonds. The highest BCUT2D eigenvalue weighted by Gasteiger charge is 2.35. The predicted octanol–water partition coefficient (Wildman–Crippen LogP) is 1.38. The zero-order valence-electron chi connectivity index (χ0n) is 9.74. The summed E-state index contributed by atoms with van der Waals surface area (Å²) in [7, 11) is 1.60. The second-order valence-electron chi connectivity index (χ2n) is 4.19. The summed E-state index contributed by atoms with van der Waals surface area (Å²) in [6.45, 7) is 0.489. The van der Waals surface area contributed by atoms with E-state index in [9.17, 15) is 18.4 Å². The van der Waals surface area contributed by atoms with Gasteiger partial charge in [-0.05, 0) is 18.6 Å². The molecule has 0 unspecified atom stereocenters. The van der Waals surface area contributed by atoms with Gasteiger partial charge in [0.1, 0.15) is 5.92 Å². The number of halogens is 2. The molecule has 96 valence electrons. The Morgan fingerprint density at radius 1 is 1.44 bits per heavy atom. The first-order valence-corrected chi connectivity index (χ1v) is 5.50. The Hall–Kier alpha value is -1.98. The average Bonchev–Trinajstić information content (AvgIpc) is 2.66. The highest BCUT2D eigenvalue weighted by molar-refractivity contribution is 6.07. The SMILES string of the molecule is CN1CC[C@@H](C(=O)Nc2cccc(F)c2F)C1=O. The molecule has 18 heavy (non-hydrogen) atoms. The number of likely N-dealkylation sites (tertiary alicyclic amines) is 1. The summed E-state index contributed by atoms with van der Waals surface area (Å²) in [5.74, 6) is -3.89. The highest BCUT2D eigenvalue weighted by Crippen LogP contribution is 2.21. The summed E-state index contributed by atoms with van der Waals surface area (Å²) in [5.41, 5.74) is -0.248. The van der Waals surface area contributed by atoms with Gasteiger partial charge in [0.05, 0.1) is 5.69 Å². The Labute approximate surface area is 103 Å². The molecule has 1 aliphatic rings. The van der Waals surface area contributed by atoms with E-state index in [2.05, 4.69) is 5.32 Å². The third kappa shape index (κ3) is 2.18. The van der Waals surface area contributed by atoms with Crippen molar-refractivity contribution < 1.29 is 18.4 Å². The molecule has 1 aliphatic heterocycles. The van der Waals surface area contributed by atoms with Crippen LogP contribution in [0.15, 0.2) is 18.2 Å². The van der Waals surface area contributed by atoms with Gasteiger partial charge in [-0.1, -0.05) is 6.07 Å². The number of rotatable bonds is 2. The molecule has 1 atom stereocenters. The van der Waals surface area contributed by atoms with Gasteiger partial charge in [0.2, 0.25) is 11.8 Å². The Kier molecular flexibility index (Phi) is 3.27. The van der Waals surface area contributed by atoms with E-state index in [4.69, 9.17) is 0 Å². The maximum atomic E-state index is 13.3. The predicted molar refractivity (Wildman–Crippen MR) is 60.7 cm³/mol. The van der Waals surface area contributed by atoms with E-state index < -0.39 is 23.5 Å². The van der Waals surface area contributed by atoms with Crippen molar-refractivity contribution in [1.82, 2.24) is 4.90 Å². The lowest BCUT2D eigenvalue weighted by atomic mass is 10.1. The molecule has 0 saturated carbocycles. The van der Waals surface area contributed by atoms with E-state index in [-0.39, 0.29) is 11.6 Å². The minimum atomic E-state index is -1.12. The number of hydrogen-bond donors (Lipinski definition) is 1. The third-order valence-electron chi connectivity index (χ3n) is 2.95. The van der Waals surface area contributed by atoms with Crippen LogP contribution in [0, 0.1) is 17.6 Å². The van der Waals surface area contributed by atoms with Crippen LogP contribution in [-0.4, -0.2) is 30.3 Å². The van der Waals surface area contributed by atoms with E-state index in [1.165, 1.54) is 17.0 Å². The van der Waals surface area contributed by atoms with E-state index in [1.807, 2.05) is 0 Å². The molecular formula is C12H12F2N2O2. The lowest BCUT2D eigenvalue weighted by Gasteiger charge is -2.11. The number of carbonyl (C=O) groups is 2. The molecule has 0 aliphatic carbocycles. The van der Waals surface area contributed by atoms with Crippen LogP contribution < -0.4 is 5.32 Å². The van der Waals surface area contributed by atoms with Crippen molar-refractivity contribution in [3.8, 4) is 0 Å². The topological polar surface area (TPSA) is 49.4 Å². The summed E-state index contributed by atoms with van der Waals surface area (Å²) in [5, 5.41) is 2.24. The molecule has 1 N–H and O–H groups in total. The zero-order chi connectivity index (χ0) is 13.3. The van der Waals surface area contributed by atoms with Gasteiger partial charge in [-0.2, -0.15) is 0 Å². The first-order valence-electron chi connectivity index (χ1n) is 5.50. The van der Waals surface area contributed by atoms with Crippen molar-refractivity contribution in [3.05, 3.63) is 29.8 Å². The van der Waals surface area contributed by atoms with E-state index in [0.717, 1.165) is 6.07 Å². The molecule has 2 rings (SSSR count). The number of carbonyl (C=O) groups excluding carboxylic acids is 2. The quantitative estimate of drug-likeness (QED) is 0.811. The molecule has 0 bridgehead atoms. The van der Waals surface area contributed by atoms with Gasteiger partial charge >= 0.3 is 0 Å². The van der Waals surface area contributed by atoms with Gasteiger partial charge < -0.3 is 10.2 Å². The number of hydrogen-bond acceptors (Lipinski definition) is 2. The van der Waals surface area contributed by atoms with E-state index in [1.54, 1.807) is 7.05 Å². The van der Waals surface area contributed by atoms with Crippen LogP contribution in [0.25, 0.3) is 0 Å². The van der Waals surface area contributed by atoms with Gasteiger partial charge in [0.15, 0.2) is 11.6 Å². The minimum absolute atomic E-state index is 0.248. The fraction of sp³-hybridized carbons (Fsp3) is 0.333. The lowest BCUT2D eigenvalue weighted by molar-refractivity contribution is -0.134. The van der Waals surface area contributed by atoms with Crippen LogP contribution in [0.3, 0.4) is 0 Å². The highest BCUT2D eigenvalue weighted by atomic mass is 19.2. The molecule has 1 saturated heterocycles. The van der Waals surface area contributed by atoms with Gasteiger partial charge in [-0.25, -0.2) is 8.78 Å². The Morgan fingerprint density at radius 2 is 2.17 bits per heavy atom. The number of nitrogens with zero attached hydrogens (tertiary/aromatic N) is 1. The summed E-state index contributed by atoms with van der Waals surface area (Å²) in [4.78, 5) is 24.8. The van der Waals surface area contributed by atoms with Crippen LogP contribution in [0.4, 0.5) is 14.5 Å². The molecule has 0 radical (unpaired) electrons. The standard InChI is InChI=1S/C12H12F2N2O2/c1-16-6-5-7(12(16)18)11(17)15-9-4-2-3-8(13)10(9)14/h2-4,7H,5-6H2,1H3,(H,15,17)/t7-/m0/s1. The van der Waals surface area contributed by atoms with Crippen molar-refractivity contribution in [1.29, 1.82) is 0 Å². The molecule has 0 aromatic heterocycles. The first-order chi connectivity index (χ1) is 8.50. The third-order valence-corrected chi connectivity index (χ3v) is 2.95. The zero-order valence-corrected chi connectivity index (χ0v) is 9.74. The summed E-state index contributed by atoms with van der Waals surface area (Å²) >= 11 is 0. The molecule has 1 fully saturated rings. The largest absolute Gasteiger partial charge is 0.345 e. The molecule has 0 spiro atoms. The number of benzene rings is 1. The molecule has 1 aromatic rings. The maximum Gasteiger partial charge on any atom is 0.237 e. The second kappa shape index (κ2) is 4.72. The second-order valence-corrected chi connectivity index (χ2v) is 4.19. The monoisotopic (exact) mass is 254 g/mol. The Balaban J connectivity index is 2.12. The van der Waals surface area contributed by atoms with E-state index >= 15 is 0 Å². The Bertz CT molecular complexity index is 505. The first kappa shape index (κ1) is 12.5. The molecule has 6 heteroatoms. The van der Waals surface area contributed by atoms with Crippen molar-refractivity contribution in [2.24, 2.45) is 5.92 Å². The molecular weight excluding hydrogens is 242 g/mol. The fourth-order valence-electron chi connectivity index (χ4n) is 1.89. The van der Waals surface area contributed by atoms with Crippen LogP contribution >= 0.6 is 0 Å². The van der Waals surface area contributed by atoms with Crippen LogP contribution in [-0.2, 0) is 9.59 Å². The fourth-order valence-corrected chi connectivity index (χ4v) is 1.89. The molecule has 1 heterocycles. The van der Waals surface area contributed by atoms with Gasteiger partial charge in [-0.3, -0.25) is 9.59 Å². The normalized spacial score (nSPS) is 19.2. The number of anilines is 1. The van der Waals surface area contributed by atoms with Gasteiger partial charge in [-0.15, -0.1) is 0 Å². The average molecular weight is 254 g/mol. The van der Waals surface area contributed by atoms with Gasteiger partial charge in [0, 0.05) is 13.6 Å². The smallest absolute Gasteiger partial charge is 0.237 e. The van der Waals surface area contributed by atoms with Crippen LogP contribution in [0.1, 0.15) is 6.42 Å².